The molecule has 3 heteroatoms. The van der Waals surface area contributed by atoms with Crippen LogP contribution in [0.4, 0.5) is 0 Å². The van der Waals surface area contributed by atoms with E-state index >= 15 is 0 Å². The second kappa shape index (κ2) is 6.71. The van der Waals surface area contributed by atoms with Crippen LogP contribution in [0.15, 0.2) is 24.3 Å². The topological polar surface area (TPSA) is 55.1 Å². The molecule has 3 nitrogen and oxygen atoms in total. The van der Waals surface area contributed by atoms with Gasteiger partial charge in [0.05, 0.1) is 12.1 Å². The Kier molecular flexibility index (Phi) is 5.55. The van der Waals surface area contributed by atoms with Gasteiger partial charge < -0.3 is 11.1 Å². The first kappa shape index (κ1) is 15.7. The summed E-state index contributed by atoms with van der Waals surface area (Å²) in [4.78, 5) is 11.9. The zero-order valence-electron chi connectivity index (χ0n) is 12.6. The van der Waals surface area contributed by atoms with E-state index in [1.165, 1.54) is 5.56 Å². The van der Waals surface area contributed by atoms with Crippen LogP contribution >= 0.6 is 0 Å². The highest BCUT2D eigenvalue weighted by Crippen LogP contribution is 2.18. The predicted octanol–water partition coefficient (Wildman–Crippen LogP) is 2.97. The molecule has 0 heterocycles. The number of rotatable bonds is 5. The second-order valence-electron chi connectivity index (χ2n) is 5.82. The fourth-order valence-electron chi connectivity index (χ4n) is 1.87. The van der Waals surface area contributed by atoms with Gasteiger partial charge in [0.15, 0.2) is 0 Å². The molecular weight excluding hydrogens is 236 g/mol. The first-order valence-corrected chi connectivity index (χ1v) is 6.98. The van der Waals surface area contributed by atoms with Crippen molar-refractivity contribution >= 4 is 5.91 Å². The Morgan fingerprint density at radius 1 is 1.00 bits per heavy atom. The highest BCUT2D eigenvalue weighted by Gasteiger charge is 2.19. The summed E-state index contributed by atoms with van der Waals surface area (Å²) in [5.41, 5.74) is 8.25. The van der Waals surface area contributed by atoms with Crippen LogP contribution in [0.5, 0.6) is 0 Å². The summed E-state index contributed by atoms with van der Waals surface area (Å²) in [6.45, 7) is 10.2. The van der Waals surface area contributed by atoms with E-state index in [0.717, 1.165) is 5.56 Å². The predicted molar refractivity (Wildman–Crippen MR) is 79.9 cm³/mol. The van der Waals surface area contributed by atoms with E-state index in [4.69, 9.17) is 5.73 Å². The third-order valence-electron chi connectivity index (χ3n) is 3.48. The molecule has 3 N–H and O–H groups in total. The lowest BCUT2D eigenvalue weighted by Crippen LogP contribution is -2.44. The fourth-order valence-corrected chi connectivity index (χ4v) is 1.87. The van der Waals surface area contributed by atoms with Crippen LogP contribution in [0.2, 0.25) is 0 Å². The molecule has 0 aliphatic heterocycles. The van der Waals surface area contributed by atoms with Crippen LogP contribution in [0.25, 0.3) is 0 Å². The van der Waals surface area contributed by atoms with Gasteiger partial charge in [-0.25, -0.2) is 0 Å². The number of hydrogen-bond acceptors (Lipinski definition) is 2. The van der Waals surface area contributed by atoms with Crippen molar-refractivity contribution in [3.8, 4) is 0 Å². The van der Waals surface area contributed by atoms with Gasteiger partial charge >= 0.3 is 0 Å². The van der Waals surface area contributed by atoms with Crippen molar-refractivity contribution in [2.75, 3.05) is 0 Å². The van der Waals surface area contributed by atoms with Crippen LogP contribution in [-0.2, 0) is 4.79 Å². The number of nitrogens with two attached hydrogens (primary N) is 1. The maximum absolute atomic E-state index is 11.9. The molecule has 0 saturated heterocycles. The Bertz CT molecular complexity index is 409. The second-order valence-corrected chi connectivity index (χ2v) is 5.82. The van der Waals surface area contributed by atoms with E-state index in [2.05, 4.69) is 43.4 Å². The van der Waals surface area contributed by atoms with E-state index in [9.17, 15) is 4.79 Å². The highest BCUT2D eigenvalue weighted by atomic mass is 16.2. The average molecular weight is 262 g/mol. The van der Waals surface area contributed by atoms with Crippen molar-refractivity contribution in [3.63, 3.8) is 0 Å². The third-order valence-corrected chi connectivity index (χ3v) is 3.48. The Balaban J connectivity index is 2.68. The fraction of sp³-hybridized carbons (Fsp3) is 0.562. The van der Waals surface area contributed by atoms with Crippen molar-refractivity contribution < 1.29 is 4.79 Å². The van der Waals surface area contributed by atoms with Crippen molar-refractivity contribution in [3.05, 3.63) is 35.4 Å². The SMILES string of the molecule is CC(C)c1ccc(C(C)NC(=O)C(N)C(C)C)cc1. The van der Waals surface area contributed by atoms with Crippen molar-refractivity contribution in [1.29, 1.82) is 0 Å². The number of hydrogen-bond donors (Lipinski definition) is 2. The van der Waals surface area contributed by atoms with E-state index in [1.807, 2.05) is 20.8 Å². The number of carbonyl (C=O) groups is 1. The largest absolute Gasteiger partial charge is 0.348 e. The monoisotopic (exact) mass is 262 g/mol. The number of amides is 1. The third kappa shape index (κ3) is 4.35. The molecule has 0 aromatic heterocycles. The van der Waals surface area contributed by atoms with Gasteiger partial charge in [0.2, 0.25) is 5.91 Å². The molecule has 0 saturated carbocycles. The van der Waals surface area contributed by atoms with Crippen molar-refractivity contribution in [2.24, 2.45) is 11.7 Å². The molecule has 0 aliphatic rings. The Labute approximate surface area is 116 Å². The summed E-state index contributed by atoms with van der Waals surface area (Å²) in [5.74, 6) is 0.583. The van der Waals surface area contributed by atoms with Gasteiger partial charge in [-0.2, -0.15) is 0 Å². The van der Waals surface area contributed by atoms with Gasteiger partial charge in [-0.1, -0.05) is 52.0 Å². The number of benzene rings is 1. The Morgan fingerprint density at radius 2 is 1.47 bits per heavy atom. The first-order valence-electron chi connectivity index (χ1n) is 6.98. The van der Waals surface area contributed by atoms with Crippen LogP contribution < -0.4 is 11.1 Å². The standard InChI is InChI=1S/C16H26N2O/c1-10(2)13-6-8-14(9-7-13)12(5)18-16(19)15(17)11(3)4/h6-12,15H,17H2,1-5H3,(H,18,19). The summed E-state index contributed by atoms with van der Waals surface area (Å²) in [7, 11) is 0. The highest BCUT2D eigenvalue weighted by molar-refractivity contribution is 5.82. The molecule has 0 fully saturated rings. The Hall–Kier alpha value is -1.35. The summed E-state index contributed by atoms with van der Waals surface area (Å²) in [5, 5.41) is 2.96. The molecular formula is C16H26N2O. The van der Waals surface area contributed by atoms with Crippen LogP contribution in [0.3, 0.4) is 0 Å². The van der Waals surface area contributed by atoms with E-state index in [-0.39, 0.29) is 17.9 Å². The molecule has 0 bridgehead atoms. The van der Waals surface area contributed by atoms with Crippen molar-refractivity contribution in [1.82, 2.24) is 5.32 Å². The van der Waals surface area contributed by atoms with Gasteiger partial charge in [-0.05, 0) is 29.9 Å². The first-order chi connectivity index (χ1) is 8.82. The zero-order chi connectivity index (χ0) is 14.6. The molecule has 0 spiro atoms. The minimum Gasteiger partial charge on any atom is -0.348 e. The molecule has 2 unspecified atom stereocenters. The average Bonchev–Trinajstić information content (AvgIpc) is 2.37. The van der Waals surface area contributed by atoms with Crippen LogP contribution in [0, 0.1) is 5.92 Å². The molecule has 2 atom stereocenters. The van der Waals surface area contributed by atoms with Gasteiger partial charge in [0.25, 0.3) is 0 Å². The molecule has 106 valence electrons. The molecule has 19 heavy (non-hydrogen) atoms. The van der Waals surface area contributed by atoms with E-state index in [0.29, 0.717) is 5.92 Å². The minimum absolute atomic E-state index is 0.0153. The quantitative estimate of drug-likeness (QED) is 0.857. The van der Waals surface area contributed by atoms with Crippen molar-refractivity contribution in [2.45, 2.75) is 52.6 Å². The lowest BCUT2D eigenvalue weighted by Gasteiger charge is -2.20. The molecule has 1 rings (SSSR count). The molecule has 0 radical (unpaired) electrons. The van der Waals surface area contributed by atoms with Gasteiger partial charge in [0.1, 0.15) is 0 Å². The summed E-state index contributed by atoms with van der Waals surface area (Å²) in [6, 6.07) is 7.91. The van der Waals surface area contributed by atoms with Gasteiger partial charge in [-0.3, -0.25) is 4.79 Å². The summed E-state index contributed by atoms with van der Waals surface area (Å²) in [6.07, 6.45) is 0. The minimum atomic E-state index is -0.447. The molecule has 1 amide bonds. The normalized spacial score (nSPS) is 14.5. The maximum atomic E-state index is 11.9. The van der Waals surface area contributed by atoms with Gasteiger partial charge in [-0.15, -0.1) is 0 Å². The van der Waals surface area contributed by atoms with E-state index < -0.39 is 6.04 Å². The lowest BCUT2D eigenvalue weighted by molar-refractivity contribution is -0.123. The molecule has 0 aliphatic carbocycles. The number of carbonyl (C=O) groups excluding carboxylic acids is 1. The molecule has 1 aromatic rings. The molecule has 1 aromatic carbocycles. The van der Waals surface area contributed by atoms with E-state index in [1.54, 1.807) is 0 Å². The van der Waals surface area contributed by atoms with Crippen LogP contribution in [0.1, 0.15) is 57.7 Å². The maximum Gasteiger partial charge on any atom is 0.237 e. The summed E-state index contributed by atoms with van der Waals surface area (Å²) < 4.78 is 0. The lowest BCUT2D eigenvalue weighted by atomic mass is 9.99. The zero-order valence-corrected chi connectivity index (χ0v) is 12.6. The smallest absolute Gasteiger partial charge is 0.237 e. The number of nitrogens with one attached hydrogen (secondary N) is 1. The Morgan fingerprint density at radius 3 is 1.89 bits per heavy atom. The van der Waals surface area contributed by atoms with Crippen LogP contribution in [-0.4, -0.2) is 11.9 Å². The van der Waals surface area contributed by atoms with Gasteiger partial charge in [0, 0.05) is 0 Å². The summed E-state index contributed by atoms with van der Waals surface area (Å²) >= 11 is 0.